The number of unbranched alkanes of at least 4 members (excludes halogenated alkanes) is 1. The summed E-state index contributed by atoms with van der Waals surface area (Å²) >= 11 is 0. The second-order valence-electron chi connectivity index (χ2n) is 8.41. The molecule has 0 saturated heterocycles. The number of nitrogens with zero attached hydrogens (tertiary/aromatic N) is 1. The maximum Gasteiger partial charge on any atom is 0.261 e. The van der Waals surface area contributed by atoms with Gasteiger partial charge in [0.1, 0.15) is 5.75 Å². The van der Waals surface area contributed by atoms with Crippen molar-refractivity contribution in [3.8, 4) is 5.75 Å². The van der Waals surface area contributed by atoms with Gasteiger partial charge < -0.3 is 4.74 Å². The van der Waals surface area contributed by atoms with E-state index < -0.39 is 0 Å². The topological polar surface area (TPSA) is 46.6 Å². The molecule has 4 aromatic carbocycles. The van der Waals surface area contributed by atoms with Crippen LogP contribution in [-0.2, 0) is 0 Å². The first-order valence-corrected chi connectivity index (χ1v) is 11.1. The molecule has 0 fully saturated rings. The molecule has 1 aliphatic heterocycles. The lowest BCUT2D eigenvalue weighted by Crippen LogP contribution is -2.30. The minimum Gasteiger partial charge on any atom is -0.492 e. The van der Waals surface area contributed by atoms with Gasteiger partial charge >= 0.3 is 0 Å². The molecule has 0 saturated carbocycles. The monoisotopic (exact) mass is 423 g/mol. The van der Waals surface area contributed by atoms with Crippen molar-refractivity contribution in [2.75, 3.05) is 13.2 Å². The van der Waals surface area contributed by atoms with Gasteiger partial charge in [-0.05, 0) is 66.8 Å². The van der Waals surface area contributed by atoms with E-state index in [0.717, 1.165) is 22.9 Å². The van der Waals surface area contributed by atoms with Gasteiger partial charge in [0.2, 0.25) is 0 Å². The largest absolute Gasteiger partial charge is 0.492 e. The Morgan fingerprint density at radius 1 is 0.719 bits per heavy atom. The van der Waals surface area contributed by atoms with E-state index in [1.165, 1.54) is 26.8 Å². The van der Waals surface area contributed by atoms with Crippen molar-refractivity contribution in [2.45, 2.75) is 26.7 Å². The van der Waals surface area contributed by atoms with E-state index in [0.29, 0.717) is 30.7 Å². The molecule has 4 heteroatoms. The molecule has 2 amide bonds. The highest BCUT2D eigenvalue weighted by Crippen LogP contribution is 2.38. The maximum atomic E-state index is 12.5. The van der Waals surface area contributed by atoms with Crippen LogP contribution in [0.2, 0.25) is 0 Å². The highest BCUT2D eigenvalue weighted by Gasteiger charge is 2.34. The Morgan fingerprint density at radius 3 is 1.84 bits per heavy atom. The molecule has 4 nitrogen and oxygen atoms in total. The van der Waals surface area contributed by atoms with Crippen molar-refractivity contribution in [1.29, 1.82) is 0 Å². The number of rotatable bonds is 6. The van der Waals surface area contributed by atoms with Crippen molar-refractivity contribution < 1.29 is 14.3 Å². The van der Waals surface area contributed by atoms with Crippen LogP contribution in [0.1, 0.15) is 44.7 Å². The molecule has 0 unspecified atom stereocenters. The standard InChI is InChI=1S/C28H25NO3/c1-18-9-7-11-20-17-21-12-8-10-19(2)25(21)26(24(18)20)32-16-6-5-15-29-27(30)22-13-3-4-14-23(22)28(29)31/h3-4,7-14,17H,5-6,15-16H2,1-2H3. The van der Waals surface area contributed by atoms with E-state index in [9.17, 15) is 9.59 Å². The summed E-state index contributed by atoms with van der Waals surface area (Å²) in [6.07, 6.45) is 1.45. The number of hydrogen-bond donors (Lipinski definition) is 0. The van der Waals surface area contributed by atoms with Gasteiger partial charge in [-0.25, -0.2) is 0 Å². The summed E-state index contributed by atoms with van der Waals surface area (Å²) in [4.78, 5) is 26.4. The number of carbonyl (C=O) groups excluding carboxylic acids is 2. The molecule has 1 aliphatic rings. The second kappa shape index (κ2) is 8.12. The summed E-state index contributed by atoms with van der Waals surface area (Å²) in [7, 11) is 0. The van der Waals surface area contributed by atoms with Crippen LogP contribution in [0.3, 0.4) is 0 Å². The van der Waals surface area contributed by atoms with Crippen LogP contribution in [0.5, 0.6) is 5.75 Å². The lowest BCUT2D eigenvalue weighted by molar-refractivity contribution is 0.0650. The molecule has 0 aromatic heterocycles. The molecule has 0 atom stereocenters. The first-order chi connectivity index (χ1) is 15.6. The summed E-state index contributed by atoms with van der Waals surface area (Å²) in [5, 5.41) is 4.64. The van der Waals surface area contributed by atoms with E-state index in [4.69, 9.17) is 4.74 Å². The zero-order chi connectivity index (χ0) is 22.2. The van der Waals surface area contributed by atoms with Crippen LogP contribution in [0.15, 0.2) is 66.7 Å². The van der Waals surface area contributed by atoms with Gasteiger partial charge in [-0.2, -0.15) is 0 Å². The third-order valence-electron chi connectivity index (χ3n) is 6.28. The highest BCUT2D eigenvalue weighted by atomic mass is 16.5. The van der Waals surface area contributed by atoms with Gasteiger partial charge in [0.15, 0.2) is 0 Å². The van der Waals surface area contributed by atoms with E-state index in [1.807, 2.05) is 0 Å². The fraction of sp³-hybridized carbons (Fsp3) is 0.214. The van der Waals surface area contributed by atoms with Crippen LogP contribution in [0, 0.1) is 13.8 Å². The fourth-order valence-electron chi connectivity index (χ4n) is 4.67. The van der Waals surface area contributed by atoms with Crippen LogP contribution < -0.4 is 4.74 Å². The minimum atomic E-state index is -0.196. The maximum absolute atomic E-state index is 12.5. The smallest absolute Gasteiger partial charge is 0.261 e. The van der Waals surface area contributed by atoms with Crippen LogP contribution >= 0.6 is 0 Å². The lowest BCUT2D eigenvalue weighted by Gasteiger charge is -2.17. The summed E-state index contributed by atoms with van der Waals surface area (Å²) in [6, 6.07) is 21.9. The highest BCUT2D eigenvalue weighted by molar-refractivity contribution is 6.21. The Balaban J connectivity index is 1.32. The lowest BCUT2D eigenvalue weighted by atomic mass is 9.96. The average Bonchev–Trinajstić information content (AvgIpc) is 3.03. The first kappa shape index (κ1) is 20.3. The van der Waals surface area contributed by atoms with Crippen molar-refractivity contribution in [3.63, 3.8) is 0 Å². The van der Waals surface area contributed by atoms with Crippen LogP contribution in [0.4, 0.5) is 0 Å². The summed E-state index contributed by atoms with van der Waals surface area (Å²) in [5.41, 5.74) is 3.38. The zero-order valence-electron chi connectivity index (χ0n) is 18.4. The number of amides is 2. The molecule has 1 heterocycles. The second-order valence-corrected chi connectivity index (χ2v) is 8.41. The molecule has 5 rings (SSSR count). The Hall–Kier alpha value is -3.66. The number of fused-ring (bicyclic) bond motifs is 3. The first-order valence-electron chi connectivity index (χ1n) is 11.1. The van der Waals surface area contributed by atoms with Crippen molar-refractivity contribution in [3.05, 3.63) is 89.0 Å². The van der Waals surface area contributed by atoms with Crippen LogP contribution in [-0.4, -0.2) is 29.9 Å². The van der Waals surface area contributed by atoms with Gasteiger partial charge in [0, 0.05) is 17.3 Å². The van der Waals surface area contributed by atoms with E-state index >= 15 is 0 Å². The van der Waals surface area contributed by atoms with Gasteiger partial charge in [-0.15, -0.1) is 0 Å². The van der Waals surface area contributed by atoms with Crippen molar-refractivity contribution >= 4 is 33.4 Å². The Labute approximate surface area is 187 Å². The van der Waals surface area contributed by atoms with Gasteiger partial charge in [-0.3, -0.25) is 14.5 Å². The number of ether oxygens (including phenoxy) is 1. The molecular formula is C28H25NO3. The number of imide groups is 1. The molecule has 0 bridgehead atoms. The summed E-state index contributed by atoms with van der Waals surface area (Å²) in [5.74, 6) is 0.532. The summed E-state index contributed by atoms with van der Waals surface area (Å²) in [6.45, 7) is 5.16. The van der Waals surface area contributed by atoms with Crippen molar-refractivity contribution in [2.24, 2.45) is 0 Å². The predicted octanol–water partition coefficient (Wildman–Crippen LogP) is 6.07. The molecule has 0 spiro atoms. The Bertz CT molecular complexity index is 1280. The molecule has 0 aliphatic carbocycles. The number of carbonyl (C=O) groups is 2. The third kappa shape index (κ3) is 3.32. The van der Waals surface area contributed by atoms with E-state index in [2.05, 4.69) is 56.3 Å². The quantitative estimate of drug-likeness (QED) is 0.215. The fourth-order valence-corrected chi connectivity index (χ4v) is 4.67. The Morgan fingerprint density at radius 2 is 1.28 bits per heavy atom. The van der Waals surface area contributed by atoms with Gasteiger partial charge in [0.25, 0.3) is 11.8 Å². The van der Waals surface area contributed by atoms with Gasteiger partial charge in [0.05, 0.1) is 17.7 Å². The molecule has 160 valence electrons. The van der Waals surface area contributed by atoms with E-state index in [1.54, 1.807) is 24.3 Å². The molecule has 4 aromatic rings. The number of aryl methyl sites for hydroxylation is 2. The van der Waals surface area contributed by atoms with Crippen LogP contribution in [0.25, 0.3) is 21.5 Å². The predicted molar refractivity (Wildman–Crippen MR) is 127 cm³/mol. The number of hydrogen-bond acceptors (Lipinski definition) is 3. The molecular weight excluding hydrogens is 398 g/mol. The molecule has 0 N–H and O–H groups in total. The SMILES string of the molecule is Cc1cccc2cc3cccc(C)c3c(OCCCCN3C(=O)c4ccccc4C3=O)c12. The average molecular weight is 424 g/mol. The normalized spacial score (nSPS) is 13.2. The molecule has 0 radical (unpaired) electrons. The van der Waals surface area contributed by atoms with E-state index in [-0.39, 0.29) is 11.8 Å². The third-order valence-corrected chi connectivity index (χ3v) is 6.28. The number of benzene rings is 4. The van der Waals surface area contributed by atoms with Gasteiger partial charge in [-0.1, -0.05) is 48.5 Å². The Kier molecular flexibility index (Phi) is 5.14. The zero-order valence-corrected chi connectivity index (χ0v) is 18.4. The van der Waals surface area contributed by atoms with Crippen molar-refractivity contribution in [1.82, 2.24) is 4.90 Å². The molecule has 32 heavy (non-hydrogen) atoms. The minimum absolute atomic E-state index is 0.196. The summed E-state index contributed by atoms with van der Waals surface area (Å²) < 4.78 is 6.39.